The molecular weight excluding hydrogens is 280 g/mol. The number of carbonyl (C=O) groups is 1. The highest BCUT2D eigenvalue weighted by molar-refractivity contribution is 5.99. The fourth-order valence-electron chi connectivity index (χ4n) is 2.72. The van der Waals surface area contributed by atoms with E-state index in [1.165, 1.54) is 6.42 Å². The zero-order chi connectivity index (χ0) is 15.9. The van der Waals surface area contributed by atoms with Crippen LogP contribution >= 0.6 is 0 Å². The average Bonchev–Trinajstić information content (AvgIpc) is 2.59. The van der Waals surface area contributed by atoms with Gasteiger partial charge in [-0.15, -0.1) is 0 Å². The SMILES string of the molecule is COc1ccc(/C(C)=N/NC(=O)C2CCCCC2)cc1OC. The fraction of sp³-hybridized carbons (Fsp3) is 0.529. The molecule has 2 rings (SSSR count). The van der Waals surface area contributed by atoms with Crippen LogP contribution in [0, 0.1) is 5.92 Å². The van der Waals surface area contributed by atoms with Crippen LogP contribution in [0.3, 0.4) is 0 Å². The van der Waals surface area contributed by atoms with Gasteiger partial charge in [0.25, 0.3) is 0 Å². The maximum absolute atomic E-state index is 12.1. The average molecular weight is 304 g/mol. The van der Waals surface area contributed by atoms with Gasteiger partial charge in [0, 0.05) is 11.5 Å². The number of methoxy groups -OCH3 is 2. The third-order valence-electron chi connectivity index (χ3n) is 4.11. The fourth-order valence-corrected chi connectivity index (χ4v) is 2.72. The summed E-state index contributed by atoms with van der Waals surface area (Å²) in [6, 6.07) is 5.58. The molecule has 0 spiro atoms. The second-order valence-electron chi connectivity index (χ2n) is 5.58. The number of amides is 1. The van der Waals surface area contributed by atoms with Gasteiger partial charge in [-0.25, -0.2) is 5.43 Å². The minimum Gasteiger partial charge on any atom is -0.493 e. The van der Waals surface area contributed by atoms with Crippen LogP contribution < -0.4 is 14.9 Å². The molecule has 0 aliphatic heterocycles. The van der Waals surface area contributed by atoms with Crippen LogP contribution in [0.1, 0.15) is 44.6 Å². The maximum Gasteiger partial charge on any atom is 0.243 e. The Bertz CT molecular complexity index is 549. The van der Waals surface area contributed by atoms with Crippen molar-refractivity contribution in [2.45, 2.75) is 39.0 Å². The van der Waals surface area contributed by atoms with E-state index in [0.29, 0.717) is 11.5 Å². The highest BCUT2D eigenvalue weighted by Gasteiger charge is 2.20. The molecule has 1 saturated carbocycles. The van der Waals surface area contributed by atoms with Crippen molar-refractivity contribution in [1.82, 2.24) is 5.43 Å². The lowest BCUT2D eigenvalue weighted by Crippen LogP contribution is -2.29. The molecule has 5 nitrogen and oxygen atoms in total. The van der Waals surface area contributed by atoms with Gasteiger partial charge in [-0.1, -0.05) is 19.3 Å². The predicted octanol–water partition coefficient (Wildman–Crippen LogP) is 3.12. The Morgan fingerprint density at radius 2 is 1.82 bits per heavy atom. The van der Waals surface area contributed by atoms with Gasteiger partial charge in [0.15, 0.2) is 11.5 Å². The number of rotatable bonds is 5. The highest BCUT2D eigenvalue weighted by Crippen LogP contribution is 2.28. The van der Waals surface area contributed by atoms with Crippen LogP contribution in [0.4, 0.5) is 0 Å². The van der Waals surface area contributed by atoms with Gasteiger partial charge >= 0.3 is 0 Å². The van der Waals surface area contributed by atoms with E-state index in [1.807, 2.05) is 25.1 Å². The number of ether oxygens (including phenoxy) is 2. The molecule has 120 valence electrons. The Morgan fingerprint density at radius 1 is 1.14 bits per heavy atom. The molecule has 1 aromatic carbocycles. The van der Waals surface area contributed by atoms with Gasteiger partial charge in [-0.2, -0.15) is 5.10 Å². The van der Waals surface area contributed by atoms with E-state index in [9.17, 15) is 4.79 Å². The molecule has 0 heterocycles. The van der Waals surface area contributed by atoms with Gasteiger partial charge < -0.3 is 9.47 Å². The lowest BCUT2D eigenvalue weighted by atomic mass is 9.89. The highest BCUT2D eigenvalue weighted by atomic mass is 16.5. The molecule has 0 unspecified atom stereocenters. The van der Waals surface area contributed by atoms with E-state index in [4.69, 9.17) is 9.47 Å². The summed E-state index contributed by atoms with van der Waals surface area (Å²) in [4.78, 5) is 12.1. The van der Waals surface area contributed by atoms with E-state index in [1.54, 1.807) is 14.2 Å². The first-order chi connectivity index (χ1) is 10.7. The van der Waals surface area contributed by atoms with E-state index in [0.717, 1.165) is 37.0 Å². The number of hydrogen-bond acceptors (Lipinski definition) is 4. The van der Waals surface area contributed by atoms with Gasteiger partial charge in [-0.3, -0.25) is 4.79 Å². The minimum absolute atomic E-state index is 0.0273. The zero-order valence-electron chi connectivity index (χ0n) is 13.5. The largest absolute Gasteiger partial charge is 0.493 e. The molecule has 1 amide bonds. The number of benzene rings is 1. The number of hydrogen-bond donors (Lipinski definition) is 1. The van der Waals surface area contributed by atoms with Crippen molar-refractivity contribution >= 4 is 11.6 Å². The third-order valence-corrected chi connectivity index (χ3v) is 4.11. The molecule has 0 radical (unpaired) electrons. The Balaban J connectivity index is 2.03. The summed E-state index contributed by atoms with van der Waals surface area (Å²) in [5, 5.41) is 4.22. The second kappa shape index (κ2) is 7.82. The Labute approximate surface area is 131 Å². The van der Waals surface area contributed by atoms with Crippen molar-refractivity contribution in [2.75, 3.05) is 14.2 Å². The van der Waals surface area contributed by atoms with E-state index in [2.05, 4.69) is 10.5 Å². The van der Waals surface area contributed by atoms with Crippen LogP contribution in [0.5, 0.6) is 11.5 Å². The number of nitrogens with one attached hydrogen (secondary N) is 1. The molecule has 0 aromatic heterocycles. The van der Waals surface area contributed by atoms with E-state index in [-0.39, 0.29) is 11.8 Å². The van der Waals surface area contributed by atoms with Crippen LogP contribution in [0.25, 0.3) is 0 Å². The lowest BCUT2D eigenvalue weighted by Gasteiger charge is -2.19. The van der Waals surface area contributed by atoms with E-state index < -0.39 is 0 Å². The van der Waals surface area contributed by atoms with Crippen LogP contribution in [0.15, 0.2) is 23.3 Å². The van der Waals surface area contributed by atoms with Gasteiger partial charge in [0.05, 0.1) is 19.9 Å². The van der Waals surface area contributed by atoms with Crippen molar-refractivity contribution in [3.05, 3.63) is 23.8 Å². The molecule has 1 N–H and O–H groups in total. The van der Waals surface area contributed by atoms with Gasteiger partial charge in [0.2, 0.25) is 5.91 Å². The molecule has 5 heteroatoms. The minimum atomic E-state index is 0.0273. The molecule has 1 aliphatic rings. The Hall–Kier alpha value is -2.04. The van der Waals surface area contributed by atoms with Gasteiger partial charge in [0.1, 0.15) is 0 Å². The number of carbonyl (C=O) groups excluding carboxylic acids is 1. The van der Waals surface area contributed by atoms with Crippen molar-refractivity contribution in [3.8, 4) is 11.5 Å². The smallest absolute Gasteiger partial charge is 0.243 e. The maximum atomic E-state index is 12.1. The summed E-state index contributed by atoms with van der Waals surface area (Å²) < 4.78 is 10.5. The Morgan fingerprint density at radius 3 is 2.45 bits per heavy atom. The zero-order valence-corrected chi connectivity index (χ0v) is 13.5. The molecule has 1 aromatic rings. The molecule has 1 aliphatic carbocycles. The molecule has 0 bridgehead atoms. The molecule has 0 atom stereocenters. The number of nitrogens with zero attached hydrogens (tertiary/aromatic N) is 1. The van der Waals surface area contributed by atoms with Crippen molar-refractivity contribution in [3.63, 3.8) is 0 Å². The summed E-state index contributed by atoms with van der Waals surface area (Å²) in [7, 11) is 3.20. The van der Waals surface area contributed by atoms with Gasteiger partial charge in [-0.05, 0) is 38.0 Å². The van der Waals surface area contributed by atoms with E-state index >= 15 is 0 Å². The normalized spacial score (nSPS) is 16.2. The first kappa shape index (κ1) is 16.3. The second-order valence-corrected chi connectivity index (χ2v) is 5.58. The predicted molar refractivity (Wildman–Crippen MR) is 86.5 cm³/mol. The van der Waals surface area contributed by atoms with Crippen LogP contribution in [-0.4, -0.2) is 25.8 Å². The lowest BCUT2D eigenvalue weighted by molar-refractivity contribution is -0.125. The third kappa shape index (κ3) is 4.00. The quantitative estimate of drug-likeness (QED) is 0.671. The first-order valence-electron chi connectivity index (χ1n) is 7.72. The summed E-state index contributed by atoms with van der Waals surface area (Å²) in [6.07, 6.45) is 5.44. The first-order valence-corrected chi connectivity index (χ1v) is 7.72. The summed E-state index contributed by atoms with van der Waals surface area (Å²) in [6.45, 7) is 1.86. The van der Waals surface area contributed by atoms with Crippen molar-refractivity contribution in [1.29, 1.82) is 0 Å². The molecule has 22 heavy (non-hydrogen) atoms. The molecule has 1 fully saturated rings. The topological polar surface area (TPSA) is 59.9 Å². The monoisotopic (exact) mass is 304 g/mol. The standard InChI is InChI=1S/C17H24N2O3/c1-12(14-9-10-15(21-2)16(11-14)22-3)18-19-17(20)13-7-5-4-6-8-13/h9-11,13H,4-8H2,1-3H3,(H,19,20)/b18-12+. The summed E-state index contributed by atoms with van der Waals surface area (Å²) in [5.74, 6) is 1.45. The molecule has 0 saturated heterocycles. The van der Waals surface area contributed by atoms with Crippen LogP contribution in [0.2, 0.25) is 0 Å². The number of hydrazone groups is 1. The Kier molecular flexibility index (Phi) is 5.81. The van der Waals surface area contributed by atoms with Crippen molar-refractivity contribution in [2.24, 2.45) is 11.0 Å². The molecular formula is C17H24N2O3. The van der Waals surface area contributed by atoms with Crippen molar-refractivity contribution < 1.29 is 14.3 Å². The van der Waals surface area contributed by atoms with Crippen LogP contribution in [-0.2, 0) is 4.79 Å². The summed E-state index contributed by atoms with van der Waals surface area (Å²) >= 11 is 0. The summed E-state index contributed by atoms with van der Waals surface area (Å²) in [5.41, 5.74) is 4.32.